The summed E-state index contributed by atoms with van der Waals surface area (Å²) in [5.74, 6) is 0.734. The summed E-state index contributed by atoms with van der Waals surface area (Å²) in [6.07, 6.45) is 1.69. The molecule has 0 radical (unpaired) electrons. The predicted molar refractivity (Wildman–Crippen MR) is 99.0 cm³/mol. The number of hydrogen-bond acceptors (Lipinski definition) is 8. The van der Waals surface area contributed by atoms with E-state index >= 15 is 0 Å². The molecule has 138 valence electrons. The highest BCUT2D eigenvalue weighted by molar-refractivity contribution is 5.97. The number of carbonyl (C=O) groups excluding carboxylic acids is 1. The van der Waals surface area contributed by atoms with Gasteiger partial charge in [-0.3, -0.25) is 4.79 Å². The zero-order valence-electron chi connectivity index (χ0n) is 14.5. The van der Waals surface area contributed by atoms with Crippen LogP contribution in [0, 0.1) is 0 Å². The van der Waals surface area contributed by atoms with Crippen molar-refractivity contribution in [2.45, 2.75) is 19.4 Å². The fraction of sp³-hybridized carbons (Fsp3) is 0.353. The Balaban J connectivity index is 1.82. The zero-order chi connectivity index (χ0) is 18.5. The van der Waals surface area contributed by atoms with Gasteiger partial charge in [-0.05, 0) is 31.5 Å². The van der Waals surface area contributed by atoms with E-state index in [1.807, 2.05) is 18.2 Å². The Morgan fingerprint density at radius 1 is 1.50 bits per heavy atom. The van der Waals surface area contributed by atoms with Crippen LogP contribution in [0.1, 0.15) is 23.7 Å². The topological polar surface area (TPSA) is 134 Å². The average Bonchev–Trinajstić information content (AvgIpc) is 2.84. The van der Waals surface area contributed by atoms with Crippen LogP contribution in [-0.4, -0.2) is 46.8 Å². The lowest BCUT2D eigenvalue weighted by molar-refractivity contribution is 0.1000. The van der Waals surface area contributed by atoms with Crippen LogP contribution in [0.2, 0.25) is 0 Å². The summed E-state index contributed by atoms with van der Waals surface area (Å²) in [6, 6.07) is 5.65. The highest BCUT2D eigenvalue weighted by Gasteiger charge is 2.14. The van der Waals surface area contributed by atoms with E-state index in [1.54, 1.807) is 6.92 Å². The van der Waals surface area contributed by atoms with Gasteiger partial charge in [-0.25, -0.2) is 4.98 Å². The fourth-order valence-corrected chi connectivity index (χ4v) is 2.48. The number of nitrogens with zero attached hydrogens (tertiary/aromatic N) is 2. The second-order valence-electron chi connectivity index (χ2n) is 6.01. The van der Waals surface area contributed by atoms with E-state index in [9.17, 15) is 9.90 Å². The van der Waals surface area contributed by atoms with Crippen LogP contribution in [0.3, 0.4) is 0 Å². The molecule has 9 heteroatoms. The van der Waals surface area contributed by atoms with Gasteiger partial charge in [0.05, 0.1) is 24.0 Å². The van der Waals surface area contributed by atoms with E-state index in [0.29, 0.717) is 12.6 Å². The minimum atomic E-state index is -0.643. The number of aliphatic hydroxyl groups is 1. The molecule has 3 rings (SSSR count). The second-order valence-corrected chi connectivity index (χ2v) is 6.01. The van der Waals surface area contributed by atoms with Crippen molar-refractivity contribution in [3.63, 3.8) is 0 Å². The number of rotatable bonds is 6. The van der Waals surface area contributed by atoms with Gasteiger partial charge in [0.15, 0.2) is 0 Å². The van der Waals surface area contributed by atoms with Crippen molar-refractivity contribution in [2.75, 3.05) is 35.6 Å². The number of hydrogen-bond donors (Lipinski definition) is 5. The maximum absolute atomic E-state index is 11.5. The van der Waals surface area contributed by atoms with Crippen molar-refractivity contribution in [1.29, 1.82) is 0 Å². The number of benzene rings is 1. The largest absolute Gasteiger partial charge is 0.491 e. The van der Waals surface area contributed by atoms with Crippen molar-refractivity contribution in [2.24, 2.45) is 5.73 Å². The van der Waals surface area contributed by atoms with Gasteiger partial charge < -0.3 is 31.5 Å². The first-order chi connectivity index (χ1) is 12.5. The number of aromatic nitrogens is 2. The maximum Gasteiger partial charge on any atom is 0.254 e. The number of ether oxygens (including phenoxy) is 1. The molecule has 9 nitrogen and oxygen atoms in total. The predicted octanol–water partition coefficient (Wildman–Crippen LogP) is 1.31. The minimum Gasteiger partial charge on any atom is -0.491 e. The number of anilines is 4. The molecule has 0 bridgehead atoms. The number of aliphatic hydroxyl groups excluding tert-OH is 1. The summed E-state index contributed by atoms with van der Waals surface area (Å²) in [6.45, 7) is 3.38. The lowest BCUT2D eigenvalue weighted by atomic mass is 10.2. The summed E-state index contributed by atoms with van der Waals surface area (Å²) >= 11 is 0. The van der Waals surface area contributed by atoms with Crippen molar-refractivity contribution in [3.8, 4) is 5.75 Å². The first-order valence-corrected chi connectivity index (χ1v) is 8.39. The fourth-order valence-electron chi connectivity index (χ4n) is 2.48. The molecule has 1 unspecified atom stereocenters. The van der Waals surface area contributed by atoms with E-state index in [4.69, 9.17) is 10.5 Å². The Morgan fingerprint density at radius 3 is 3.12 bits per heavy atom. The third kappa shape index (κ3) is 4.31. The number of primary amides is 1. The lowest BCUT2D eigenvalue weighted by Crippen LogP contribution is -2.21. The summed E-state index contributed by atoms with van der Waals surface area (Å²) in [5, 5.41) is 18.7. The minimum absolute atomic E-state index is 0.160. The normalized spacial score (nSPS) is 14.2. The quantitative estimate of drug-likeness (QED) is 0.522. The summed E-state index contributed by atoms with van der Waals surface area (Å²) in [7, 11) is 0. The van der Waals surface area contributed by atoms with Crippen LogP contribution in [0.5, 0.6) is 5.75 Å². The van der Waals surface area contributed by atoms with Crippen molar-refractivity contribution >= 4 is 29.0 Å². The Kier molecular flexibility index (Phi) is 5.37. The van der Waals surface area contributed by atoms with E-state index < -0.39 is 12.0 Å². The first kappa shape index (κ1) is 17.7. The molecule has 1 aromatic heterocycles. The van der Waals surface area contributed by atoms with Gasteiger partial charge in [-0.15, -0.1) is 0 Å². The Hall–Kier alpha value is -3.07. The van der Waals surface area contributed by atoms with Gasteiger partial charge in [0, 0.05) is 25.0 Å². The molecule has 1 amide bonds. The molecule has 6 N–H and O–H groups in total. The van der Waals surface area contributed by atoms with Gasteiger partial charge in [-0.1, -0.05) is 0 Å². The molecule has 0 saturated carbocycles. The van der Waals surface area contributed by atoms with Gasteiger partial charge in [0.25, 0.3) is 5.91 Å². The highest BCUT2D eigenvalue weighted by atomic mass is 16.5. The van der Waals surface area contributed by atoms with Crippen molar-refractivity contribution in [1.82, 2.24) is 9.97 Å². The standard InChI is InChI=1S/C17H22N6O3/c1-10(24)8-20-16-12(15(18)25)9-21-17(23-16)22-11-3-4-14-13(7-11)19-5-2-6-26-14/h3-4,7,9-10,19,24H,2,5-6,8H2,1H3,(H2,18,25)(H2,20,21,22,23). The highest BCUT2D eigenvalue weighted by Crippen LogP contribution is 2.30. The van der Waals surface area contributed by atoms with E-state index in [0.717, 1.165) is 30.1 Å². The Bertz CT molecular complexity index is 796. The van der Waals surface area contributed by atoms with Crippen LogP contribution in [0.4, 0.5) is 23.1 Å². The number of fused-ring (bicyclic) bond motifs is 1. The molecule has 0 aliphatic carbocycles. The summed E-state index contributed by atoms with van der Waals surface area (Å²) < 4.78 is 5.66. The number of amides is 1. The molecular weight excluding hydrogens is 336 g/mol. The molecule has 0 saturated heterocycles. The average molecular weight is 358 g/mol. The molecule has 1 aliphatic rings. The van der Waals surface area contributed by atoms with Gasteiger partial charge in [-0.2, -0.15) is 4.98 Å². The molecule has 1 aromatic carbocycles. The molecule has 2 aromatic rings. The monoisotopic (exact) mass is 358 g/mol. The zero-order valence-corrected chi connectivity index (χ0v) is 14.5. The Labute approximate surface area is 151 Å². The SMILES string of the molecule is CC(O)CNc1nc(Nc2ccc3c(c2)NCCCO3)ncc1C(N)=O. The van der Waals surface area contributed by atoms with Gasteiger partial charge >= 0.3 is 0 Å². The van der Waals surface area contributed by atoms with Crippen LogP contribution >= 0.6 is 0 Å². The molecule has 2 heterocycles. The van der Waals surface area contributed by atoms with Gasteiger partial charge in [0.2, 0.25) is 5.95 Å². The summed E-state index contributed by atoms with van der Waals surface area (Å²) in [4.78, 5) is 20.0. The molecule has 1 atom stereocenters. The van der Waals surface area contributed by atoms with Crippen LogP contribution in [-0.2, 0) is 0 Å². The third-order valence-electron chi connectivity index (χ3n) is 3.75. The van der Waals surface area contributed by atoms with Crippen molar-refractivity contribution in [3.05, 3.63) is 30.0 Å². The number of carbonyl (C=O) groups is 1. The van der Waals surface area contributed by atoms with Crippen LogP contribution in [0.15, 0.2) is 24.4 Å². The first-order valence-electron chi connectivity index (χ1n) is 8.39. The molecule has 0 fully saturated rings. The molecular formula is C17H22N6O3. The van der Waals surface area contributed by atoms with Crippen LogP contribution < -0.4 is 26.4 Å². The maximum atomic E-state index is 11.5. The van der Waals surface area contributed by atoms with E-state index in [2.05, 4.69) is 25.9 Å². The lowest BCUT2D eigenvalue weighted by Gasteiger charge is -2.13. The second kappa shape index (κ2) is 7.87. The third-order valence-corrected chi connectivity index (χ3v) is 3.75. The number of nitrogens with one attached hydrogen (secondary N) is 3. The summed E-state index contributed by atoms with van der Waals surface area (Å²) in [5.41, 5.74) is 7.18. The molecule has 26 heavy (non-hydrogen) atoms. The Morgan fingerprint density at radius 2 is 2.35 bits per heavy atom. The molecule has 0 spiro atoms. The van der Waals surface area contributed by atoms with Gasteiger partial charge in [0.1, 0.15) is 11.6 Å². The van der Waals surface area contributed by atoms with E-state index in [-0.39, 0.29) is 17.9 Å². The van der Waals surface area contributed by atoms with E-state index in [1.165, 1.54) is 6.20 Å². The number of nitrogens with two attached hydrogens (primary N) is 1. The molecule has 1 aliphatic heterocycles. The van der Waals surface area contributed by atoms with Crippen molar-refractivity contribution < 1.29 is 14.6 Å². The smallest absolute Gasteiger partial charge is 0.254 e. The van der Waals surface area contributed by atoms with Crippen LogP contribution in [0.25, 0.3) is 0 Å².